The van der Waals surface area contributed by atoms with Gasteiger partial charge in [0, 0.05) is 10.9 Å². The van der Waals surface area contributed by atoms with Gasteiger partial charge in [-0.1, -0.05) is 38.1 Å². The maximum Gasteiger partial charge on any atom is 0.313 e. The molecule has 1 aromatic carbocycles. The van der Waals surface area contributed by atoms with E-state index in [4.69, 9.17) is 10.00 Å². The third kappa shape index (κ3) is 4.15. The summed E-state index contributed by atoms with van der Waals surface area (Å²) in [5.74, 6) is 0.0684. The van der Waals surface area contributed by atoms with Gasteiger partial charge < -0.3 is 4.74 Å². The summed E-state index contributed by atoms with van der Waals surface area (Å²) in [6, 6.07) is 10.2. The first-order chi connectivity index (χ1) is 10.5. The van der Waals surface area contributed by atoms with E-state index < -0.39 is 12.1 Å². The van der Waals surface area contributed by atoms with Gasteiger partial charge >= 0.3 is 5.97 Å². The van der Waals surface area contributed by atoms with Crippen LogP contribution in [-0.4, -0.2) is 17.1 Å². The molecule has 0 aliphatic carbocycles. The number of aromatic nitrogens is 1. The second kappa shape index (κ2) is 7.19. The van der Waals surface area contributed by atoms with Crippen LogP contribution >= 0.6 is 11.3 Å². The monoisotopic (exact) mass is 314 g/mol. The maximum atomic E-state index is 11.6. The van der Waals surface area contributed by atoms with Crippen LogP contribution in [-0.2, 0) is 16.0 Å². The number of carbonyl (C=O) groups excluding carboxylic acids is 1. The number of nitrogens with zero attached hydrogens (tertiary/aromatic N) is 2. The Labute approximate surface area is 134 Å². The largest absolute Gasteiger partial charge is 0.447 e. The van der Waals surface area contributed by atoms with Crippen LogP contribution in [0.5, 0.6) is 0 Å². The van der Waals surface area contributed by atoms with Crippen LogP contribution in [0, 0.1) is 11.3 Å². The van der Waals surface area contributed by atoms with E-state index in [2.05, 4.69) is 31.0 Å². The van der Waals surface area contributed by atoms with Gasteiger partial charge in [0.1, 0.15) is 11.1 Å². The average molecular weight is 314 g/mol. The van der Waals surface area contributed by atoms with Gasteiger partial charge in [-0.25, -0.2) is 4.98 Å². The summed E-state index contributed by atoms with van der Waals surface area (Å²) in [5, 5.41) is 11.4. The second-order valence-corrected chi connectivity index (χ2v) is 6.22. The highest BCUT2D eigenvalue weighted by Gasteiger charge is 2.12. The molecule has 22 heavy (non-hydrogen) atoms. The number of nitriles is 1. The maximum absolute atomic E-state index is 11.6. The summed E-state index contributed by atoms with van der Waals surface area (Å²) in [6.07, 6.45) is -0.638. The lowest BCUT2D eigenvalue weighted by Gasteiger charge is -2.05. The number of hydrogen-bond acceptors (Lipinski definition) is 5. The summed E-state index contributed by atoms with van der Waals surface area (Å²) >= 11 is 1.50. The van der Waals surface area contributed by atoms with E-state index >= 15 is 0 Å². The van der Waals surface area contributed by atoms with E-state index in [1.54, 1.807) is 6.92 Å². The molecule has 4 nitrogen and oxygen atoms in total. The van der Waals surface area contributed by atoms with E-state index in [-0.39, 0.29) is 6.42 Å². The zero-order valence-electron chi connectivity index (χ0n) is 12.9. The molecule has 114 valence electrons. The van der Waals surface area contributed by atoms with Crippen LogP contribution in [0.2, 0.25) is 0 Å². The fourth-order valence-corrected chi connectivity index (χ4v) is 2.77. The molecule has 0 saturated carbocycles. The van der Waals surface area contributed by atoms with Gasteiger partial charge in [-0.05, 0) is 18.4 Å². The van der Waals surface area contributed by atoms with E-state index in [1.165, 1.54) is 16.9 Å². The number of ether oxygens (including phenoxy) is 1. The molecule has 0 amide bonds. The Hall–Kier alpha value is -2.19. The Morgan fingerprint density at radius 1 is 1.32 bits per heavy atom. The molecular weight excluding hydrogens is 296 g/mol. The van der Waals surface area contributed by atoms with Crippen molar-refractivity contribution in [2.75, 3.05) is 0 Å². The molecule has 2 aromatic rings. The quantitative estimate of drug-likeness (QED) is 0.784. The van der Waals surface area contributed by atoms with Gasteiger partial charge in [-0.15, -0.1) is 11.3 Å². The number of thiazole rings is 1. The Balaban J connectivity index is 2.05. The van der Waals surface area contributed by atoms with Crippen molar-refractivity contribution >= 4 is 17.3 Å². The zero-order valence-corrected chi connectivity index (χ0v) is 13.7. The number of rotatable bonds is 5. The van der Waals surface area contributed by atoms with Gasteiger partial charge in [0.2, 0.25) is 0 Å². The zero-order chi connectivity index (χ0) is 16.1. The molecule has 1 heterocycles. The molecule has 5 heteroatoms. The molecule has 2 rings (SSSR count). The summed E-state index contributed by atoms with van der Waals surface area (Å²) in [4.78, 5) is 16.1. The van der Waals surface area contributed by atoms with Gasteiger partial charge in [-0.3, -0.25) is 4.79 Å². The molecule has 0 unspecified atom stereocenters. The molecule has 0 radical (unpaired) electrons. The second-order valence-electron chi connectivity index (χ2n) is 5.36. The summed E-state index contributed by atoms with van der Waals surface area (Å²) in [6.45, 7) is 5.86. The third-order valence-corrected chi connectivity index (χ3v) is 4.13. The third-order valence-electron chi connectivity index (χ3n) is 3.19. The lowest BCUT2D eigenvalue weighted by Crippen LogP contribution is -2.15. The molecule has 0 aliphatic heterocycles. The molecule has 0 aliphatic rings. The van der Waals surface area contributed by atoms with E-state index in [1.807, 2.05) is 23.6 Å². The van der Waals surface area contributed by atoms with Crippen LogP contribution < -0.4 is 0 Å². The standard InChI is InChI=1S/C17H18N2O2S/c1-11(2)13-4-6-14(7-5-13)17-19-15(10-22-17)8-16(20)21-12(3)9-18/h4-7,10-12H,8H2,1-3H3/t12-/m1/s1. The SMILES string of the molecule is CC(C)c1ccc(-c2nc(CC(=O)O[C@H](C)C#N)cs2)cc1. The molecule has 1 atom stereocenters. The molecular formula is C17H18N2O2S. The molecule has 0 N–H and O–H groups in total. The van der Waals surface area contributed by atoms with Crippen molar-refractivity contribution in [3.63, 3.8) is 0 Å². The molecule has 0 saturated heterocycles. The lowest BCUT2D eigenvalue weighted by atomic mass is 10.0. The van der Waals surface area contributed by atoms with Crippen LogP contribution in [0.15, 0.2) is 29.6 Å². The topological polar surface area (TPSA) is 63.0 Å². The highest BCUT2D eigenvalue weighted by Crippen LogP contribution is 2.26. The minimum absolute atomic E-state index is 0.0899. The number of esters is 1. The van der Waals surface area contributed by atoms with Crippen molar-refractivity contribution in [3.05, 3.63) is 40.9 Å². The predicted molar refractivity (Wildman–Crippen MR) is 86.5 cm³/mol. The fraction of sp³-hybridized carbons (Fsp3) is 0.353. The van der Waals surface area contributed by atoms with Crippen molar-refractivity contribution in [2.24, 2.45) is 0 Å². The van der Waals surface area contributed by atoms with E-state index in [0.29, 0.717) is 11.6 Å². The van der Waals surface area contributed by atoms with Crippen molar-refractivity contribution in [2.45, 2.75) is 39.2 Å². The smallest absolute Gasteiger partial charge is 0.313 e. The van der Waals surface area contributed by atoms with Crippen molar-refractivity contribution in [3.8, 4) is 16.6 Å². The summed E-state index contributed by atoms with van der Waals surface area (Å²) in [7, 11) is 0. The van der Waals surface area contributed by atoms with Gasteiger partial charge in [0.25, 0.3) is 0 Å². The van der Waals surface area contributed by atoms with E-state index in [0.717, 1.165) is 10.6 Å². The average Bonchev–Trinajstić information content (AvgIpc) is 2.95. The molecule has 0 fully saturated rings. The van der Waals surface area contributed by atoms with Crippen molar-refractivity contribution in [1.29, 1.82) is 5.26 Å². The van der Waals surface area contributed by atoms with Crippen LogP contribution in [0.25, 0.3) is 10.6 Å². The lowest BCUT2D eigenvalue weighted by molar-refractivity contribution is -0.145. The Morgan fingerprint density at radius 3 is 2.59 bits per heavy atom. The highest BCUT2D eigenvalue weighted by molar-refractivity contribution is 7.13. The van der Waals surface area contributed by atoms with Crippen molar-refractivity contribution in [1.82, 2.24) is 4.98 Å². The number of benzene rings is 1. The van der Waals surface area contributed by atoms with Gasteiger partial charge in [-0.2, -0.15) is 5.26 Å². The highest BCUT2D eigenvalue weighted by atomic mass is 32.1. The number of carbonyl (C=O) groups is 1. The van der Waals surface area contributed by atoms with Gasteiger partial charge in [0.15, 0.2) is 6.10 Å². The summed E-state index contributed by atoms with van der Waals surface area (Å²) in [5.41, 5.74) is 3.00. The normalized spacial score (nSPS) is 12.0. The Bertz CT molecular complexity index is 683. The first-order valence-corrected chi connectivity index (χ1v) is 8.01. The van der Waals surface area contributed by atoms with Crippen LogP contribution in [0.1, 0.15) is 37.9 Å². The first kappa shape index (κ1) is 16.2. The van der Waals surface area contributed by atoms with Crippen molar-refractivity contribution < 1.29 is 9.53 Å². The number of hydrogen-bond donors (Lipinski definition) is 0. The minimum Gasteiger partial charge on any atom is -0.447 e. The van der Waals surface area contributed by atoms with E-state index in [9.17, 15) is 4.79 Å². The molecule has 0 bridgehead atoms. The first-order valence-electron chi connectivity index (χ1n) is 7.13. The Kier molecular flexibility index (Phi) is 5.29. The minimum atomic E-state index is -0.728. The van der Waals surface area contributed by atoms with Crippen LogP contribution in [0.4, 0.5) is 0 Å². The predicted octanol–water partition coefficient (Wildman–Crippen LogP) is 3.93. The summed E-state index contributed by atoms with van der Waals surface area (Å²) < 4.78 is 4.93. The molecule has 1 aromatic heterocycles. The van der Waals surface area contributed by atoms with Gasteiger partial charge in [0.05, 0.1) is 12.1 Å². The molecule has 0 spiro atoms. The van der Waals surface area contributed by atoms with Crippen LogP contribution in [0.3, 0.4) is 0 Å². The fourth-order valence-electron chi connectivity index (χ4n) is 1.94. The Morgan fingerprint density at radius 2 is 2.00 bits per heavy atom.